The van der Waals surface area contributed by atoms with Crippen LogP contribution >= 0.6 is 39.0 Å². The maximum absolute atomic E-state index is 14.0. The van der Waals surface area contributed by atoms with Gasteiger partial charge >= 0.3 is 4.87 Å². The average molecular weight is 705 g/mol. The number of thioether (sulfide) groups is 1. The predicted molar refractivity (Wildman–Crippen MR) is 174 cm³/mol. The summed E-state index contributed by atoms with van der Waals surface area (Å²) in [5, 5.41) is 13.1. The maximum Gasteiger partial charge on any atom is 0.305 e. The Hall–Kier alpha value is -3.87. The molecule has 2 bridgehead atoms. The molecule has 4 aromatic rings. The zero-order chi connectivity index (χ0) is 31.0. The second kappa shape index (κ2) is 10.9. The van der Waals surface area contributed by atoms with Gasteiger partial charge < -0.3 is 20.1 Å². The van der Waals surface area contributed by atoms with E-state index >= 15 is 0 Å². The van der Waals surface area contributed by atoms with Crippen LogP contribution in [-0.4, -0.2) is 39.7 Å². The topological polar surface area (TPSA) is 129 Å². The van der Waals surface area contributed by atoms with Crippen molar-refractivity contribution in [1.29, 1.82) is 0 Å². The van der Waals surface area contributed by atoms with Gasteiger partial charge in [-0.1, -0.05) is 45.5 Å². The Morgan fingerprint density at radius 2 is 1.69 bits per heavy atom. The van der Waals surface area contributed by atoms with E-state index in [1.54, 1.807) is 36.0 Å². The van der Waals surface area contributed by atoms with Crippen LogP contribution in [0.25, 0.3) is 0 Å². The Morgan fingerprint density at radius 3 is 2.44 bits per heavy atom. The number of fused-ring (bicyclic) bond motifs is 9. The van der Waals surface area contributed by atoms with E-state index in [0.717, 1.165) is 26.4 Å². The molecule has 3 amide bonds. The van der Waals surface area contributed by atoms with Gasteiger partial charge in [0.25, 0.3) is 5.91 Å². The number of para-hydroxylation sites is 1. The first-order chi connectivity index (χ1) is 21.8. The molecular weight excluding hydrogens is 678 g/mol. The number of ether oxygens (including phenoxy) is 1. The molecule has 4 unspecified atom stereocenters. The molecule has 8 rings (SSSR count). The van der Waals surface area contributed by atoms with Gasteiger partial charge in [0.2, 0.25) is 11.8 Å². The number of imide groups is 1. The third-order valence-electron chi connectivity index (χ3n) is 9.57. The Balaban J connectivity index is 1.12. The number of carbonyl (C=O) groups is 3. The summed E-state index contributed by atoms with van der Waals surface area (Å²) in [7, 11) is 0. The highest BCUT2D eigenvalue weighted by atomic mass is 79.9. The van der Waals surface area contributed by atoms with Crippen molar-refractivity contribution in [1.82, 2.24) is 4.98 Å². The summed E-state index contributed by atoms with van der Waals surface area (Å²) in [4.78, 5) is 58.5. The van der Waals surface area contributed by atoms with Gasteiger partial charge in [-0.05, 0) is 78.8 Å². The molecule has 3 fully saturated rings. The fourth-order valence-electron chi connectivity index (χ4n) is 7.96. The van der Waals surface area contributed by atoms with Gasteiger partial charge in [0.15, 0.2) is 6.61 Å². The number of aromatic nitrogens is 1. The average Bonchev–Trinajstić information content (AvgIpc) is 3.77. The third-order valence-corrected chi connectivity index (χ3v) is 12.7. The standard InChI is InChI=1S/C33H26BrN3O6S2/c34-15-5-9-17(10-6-15)37-31(40)26-20-13-21(27(26)32(37)41)28-25(20)24(29-30(44-28)36-33(42)45-29)19-3-1-2-4-22(19)43-14-23(39)35-16-7-11-18(38)12-8-16/h1-12,20-21,24-28,38H,13-14H2,(H,35,39)(H,36,42)/t20-,21-,24-,25?,26?,27?,28?/m1/s1. The highest BCUT2D eigenvalue weighted by Gasteiger charge is 2.69. The fourth-order valence-corrected chi connectivity index (χ4v) is 11.1. The summed E-state index contributed by atoms with van der Waals surface area (Å²) in [6, 6.07) is 21.0. The van der Waals surface area contributed by atoms with Gasteiger partial charge in [0, 0.05) is 31.8 Å². The first-order valence-corrected chi connectivity index (χ1v) is 17.1. The molecule has 0 radical (unpaired) electrons. The van der Waals surface area contributed by atoms with Crippen molar-refractivity contribution in [2.75, 3.05) is 16.8 Å². The minimum Gasteiger partial charge on any atom is -0.508 e. The second-order valence-corrected chi connectivity index (χ2v) is 15.0. The Morgan fingerprint density at radius 1 is 0.978 bits per heavy atom. The summed E-state index contributed by atoms with van der Waals surface area (Å²) < 4.78 is 6.99. The van der Waals surface area contributed by atoms with Crippen molar-refractivity contribution in [3.63, 3.8) is 0 Å². The first-order valence-electron chi connectivity index (χ1n) is 14.6. The molecule has 2 aliphatic carbocycles. The van der Waals surface area contributed by atoms with Crippen LogP contribution in [0.2, 0.25) is 0 Å². The number of phenols is 1. The molecule has 9 nitrogen and oxygen atoms in total. The molecule has 2 saturated carbocycles. The molecule has 1 saturated heterocycles. The predicted octanol–water partition coefficient (Wildman–Crippen LogP) is 5.60. The van der Waals surface area contributed by atoms with Crippen LogP contribution in [0.1, 0.15) is 22.8 Å². The molecule has 4 aliphatic rings. The molecule has 3 heterocycles. The van der Waals surface area contributed by atoms with Gasteiger partial charge in [0.1, 0.15) is 11.5 Å². The number of nitrogens with zero attached hydrogens (tertiary/aromatic N) is 1. The summed E-state index contributed by atoms with van der Waals surface area (Å²) >= 11 is 6.24. The number of phenolic OH excluding ortho intramolecular Hbond substituents is 1. The molecule has 1 aromatic heterocycles. The number of rotatable bonds is 6. The number of halogens is 1. The summed E-state index contributed by atoms with van der Waals surface area (Å²) in [5.74, 6) is -1.11. The molecule has 228 valence electrons. The molecule has 2 aliphatic heterocycles. The lowest BCUT2D eigenvalue weighted by Crippen LogP contribution is -2.42. The lowest BCUT2D eigenvalue weighted by molar-refractivity contribution is -0.123. The van der Waals surface area contributed by atoms with Crippen molar-refractivity contribution >= 4 is 68.1 Å². The largest absolute Gasteiger partial charge is 0.508 e. The van der Waals surface area contributed by atoms with Crippen LogP contribution < -0.4 is 19.8 Å². The number of carbonyl (C=O) groups excluding carboxylic acids is 3. The quantitative estimate of drug-likeness (QED) is 0.176. The number of hydrogen-bond donors (Lipinski definition) is 3. The van der Waals surface area contributed by atoms with Crippen LogP contribution in [-0.2, 0) is 14.4 Å². The van der Waals surface area contributed by atoms with Crippen LogP contribution in [0.15, 0.2) is 87.1 Å². The van der Waals surface area contributed by atoms with E-state index < -0.39 is 5.92 Å². The minimum absolute atomic E-state index is 0.00242. The number of anilines is 2. The molecule has 0 spiro atoms. The summed E-state index contributed by atoms with van der Waals surface area (Å²) in [5.41, 5.74) is 1.97. The molecule has 7 atom stereocenters. The van der Waals surface area contributed by atoms with E-state index in [4.69, 9.17) is 4.74 Å². The van der Waals surface area contributed by atoms with Crippen LogP contribution in [0, 0.1) is 29.6 Å². The Labute approximate surface area is 274 Å². The first kappa shape index (κ1) is 28.6. The Kier molecular flexibility index (Phi) is 6.92. The molecule has 3 aromatic carbocycles. The van der Waals surface area contributed by atoms with Crippen LogP contribution in [0.5, 0.6) is 11.5 Å². The van der Waals surface area contributed by atoms with E-state index in [1.165, 1.54) is 28.4 Å². The van der Waals surface area contributed by atoms with Crippen LogP contribution in [0.3, 0.4) is 0 Å². The highest BCUT2D eigenvalue weighted by molar-refractivity contribution is 9.10. The van der Waals surface area contributed by atoms with Crippen molar-refractivity contribution in [3.05, 3.63) is 97.4 Å². The van der Waals surface area contributed by atoms with E-state index in [1.807, 2.05) is 36.4 Å². The van der Waals surface area contributed by atoms with E-state index in [0.29, 0.717) is 17.1 Å². The number of hydrogen-bond acceptors (Lipinski definition) is 8. The van der Waals surface area contributed by atoms with Crippen molar-refractivity contribution < 1.29 is 24.2 Å². The van der Waals surface area contributed by atoms with Gasteiger partial charge in [0.05, 0.1) is 22.5 Å². The summed E-state index contributed by atoms with van der Waals surface area (Å²) in [6.07, 6.45) is 0.775. The van der Waals surface area contributed by atoms with E-state index in [2.05, 4.69) is 26.2 Å². The molecule has 45 heavy (non-hydrogen) atoms. The number of amides is 3. The second-order valence-electron chi connectivity index (χ2n) is 11.9. The smallest absolute Gasteiger partial charge is 0.305 e. The van der Waals surface area contributed by atoms with E-state index in [9.17, 15) is 24.3 Å². The monoisotopic (exact) mass is 703 g/mol. The maximum atomic E-state index is 14.0. The highest BCUT2D eigenvalue weighted by Crippen LogP contribution is 2.69. The number of benzene rings is 3. The van der Waals surface area contributed by atoms with E-state index in [-0.39, 0.29) is 69.8 Å². The van der Waals surface area contributed by atoms with Crippen LogP contribution in [0.4, 0.5) is 11.4 Å². The number of aromatic amines is 1. The number of nitrogens with one attached hydrogen (secondary N) is 2. The third kappa shape index (κ3) is 4.64. The van der Waals surface area contributed by atoms with Gasteiger partial charge in [-0.3, -0.25) is 24.1 Å². The zero-order valence-corrected chi connectivity index (χ0v) is 26.7. The van der Waals surface area contributed by atoms with Gasteiger partial charge in [-0.2, -0.15) is 0 Å². The lowest BCUT2D eigenvalue weighted by atomic mass is 9.68. The van der Waals surface area contributed by atoms with Crippen molar-refractivity contribution in [2.24, 2.45) is 29.6 Å². The molecular formula is C33H26BrN3O6S2. The van der Waals surface area contributed by atoms with Crippen molar-refractivity contribution in [2.45, 2.75) is 22.6 Å². The minimum atomic E-state index is -0.420. The fraction of sp³-hybridized carbons (Fsp3) is 0.273. The normalized spacial score (nSPS) is 27.7. The van der Waals surface area contributed by atoms with Gasteiger partial charge in [-0.25, -0.2) is 0 Å². The lowest BCUT2D eigenvalue weighted by Gasteiger charge is -2.43. The molecule has 12 heteroatoms. The SMILES string of the molecule is O=C(COc1ccccc1[C@H]1c2sc(=O)[nH]c2SC2C1[C@H]1C[C@@H]2C2C(=O)N(c3ccc(Br)cc3)C(=O)C21)Nc1ccc(O)cc1. The number of thiazole rings is 1. The van der Waals surface area contributed by atoms with Gasteiger partial charge in [-0.15, -0.1) is 11.8 Å². The number of H-pyrrole nitrogens is 1. The number of aromatic hydroxyl groups is 1. The molecule has 3 N–H and O–H groups in total. The zero-order valence-electron chi connectivity index (χ0n) is 23.5. The van der Waals surface area contributed by atoms with Crippen molar-refractivity contribution in [3.8, 4) is 11.5 Å². The summed E-state index contributed by atoms with van der Waals surface area (Å²) in [6.45, 7) is -0.241. The Bertz CT molecular complexity index is 1910.